The standard InChI is InChI=1S/C15H18O3/c1-2-3-4-5-6-7-13-10-15(11-14(13)12-16)17-8-9-18-15/h1,3-4,13-14,16H,7-12H2/b4-3+/t13-,14+/m0/s1. The minimum absolute atomic E-state index is 0.168. The Morgan fingerprint density at radius 1 is 1.22 bits per heavy atom. The summed E-state index contributed by atoms with van der Waals surface area (Å²) >= 11 is 0. The lowest BCUT2D eigenvalue weighted by atomic mass is 9.94. The molecule has 0 radical (unpaired) electrons. The molecule has 0 amide bonds. The van der Waals surface area contributed by atoms with E-state index in [-0.39, 0.29) is 12.5 Å². The zero-order valence-electron chi connectivity index (χ0n) is 10.4. The molecule has 1 aliphatic carbocycles. The van der Waals surface area contributed by atoms with Gasteiger partial charge in [0, 0.05) is 25.9 Å². The first kappa shape index (κ1) is 13.2. The quantitative estimate of drug-likeness (QED) is 0.747. The number of hydrogen-bond acceptors (Lipinski definition) is 3. The molecule has 2 atom stereocenters. The van der Waals surface area contributed by atoms with Gasteiger partial charge < -0.3 is 14.6 Å². The lowest BCUT2D eigenvalue weighted by Gasteiger charge is -2.21. The van der Waals surface area contributed by atoms with E-state index in [2.05, 4.69) is 17.8 Å². The summed E-state index contributed by atoms with van der Waals surface area (Å²) < 4.78 is 11.4. The Hall–Kier alpha value is -1.26. The van der Waals surface area contributed by atoms with Crippen LogP contribution < -0.4 is 0 Å². The molecule has 1 saturated heterocycles. The van der Waals surface area contributed by atoms with Crippen LogP contribution in [0.5, 0.6) is 0 Å². The van der Waals surface area contributed by atoms with Crippen LogP contribution in [0, 0.1) is 36.0 Å². The van der Waals surface area contributed by atoms with Gasteiger partial charge in [0.05, 0.1) is 13.2 Å². The maximum absolute atomic E-state index is 9.42. The summed E-state index contributed by atoms with van der Waals surface area (Å²) in [4.78, 5) is 0. The van der Waals surface area contributed by atoms with Crippen molar-refractivity contribution in [2.45, 2.75) is 25.0 Å². The largest absolute Gasteiger partial charge is 0.396 e. The third kappa shape index (κ3) is 2.94. The topological polar surface area (TPSA) is 38.7 Å². The zero-order valence-corrected chi connectivity index (χ0v) is 10.4. The fraction of sp³-hybridized carbons (Fsp3) is 0.600. The smallest absolute Gasteiger partial charge is 0.169 e. The van der Waals surface area contributed by atoms with Gasteiger partial charge in [-0.25, -0.2) is 0 Å². The van der Waals surface area contributed by atoms with Crippen LogP contribution in [-0.4, -0.2) is 30.7 Å². The highest BCUT2D eigenvalue weighted by Crippen LogP contribution is 2.45. The first-order chi connectivity index (χ1) is 8.79. The van der Waals surface area contributed by atoms with Gasteiger partial charge in [-0.1, -0.05) is 17.8 Å². The van der Waals surface area contributed by atoms with Gasteiger partial charge in [0.1, 0.15) is 0 Å². The molecular formula is C15H18O3. The molecule has 0 unspecified atom stereocenters. The Morgan fingerprint density at radius 3 is 2.61 bits per heavy atom. The number of aliphatic hydroxyl groups is 1. The van der Waals surface area contributed by atoms with Crippen LogP contribution in [0.4, 0.5) is 0 Å². The van der Waals surface area contributed by atoms with E-state index in [9.17, 15) is 5.11 Å². The molecule has 0 aromatic rings. The van der Waals surface area contributed by atoms with Gasteiger partial charge in [-0.2, -0.15) is 0 Å². The molecule has 1 saturated carbocycles. The molecule has 1 N–H and O–H groups in total. The average molecular weight is 246 g/mol. The summed E-state index contributed by atoms with van der Waals surface area (Å²) in [5.41, 5.74) is 0. The molecule has 1 heterocycles. The fourth-order valence-electron chi connectivity index (χ4n) is 2.74. The van der Waals surface area contributed by atoms with Crippen LogP contribution in [0.25, 0.3) is 0 Å². The van der Waals surface area contributed by atoms with Crippen LogP contribution in [-0.2, 0) is 9.47 Å². The molecule has 1 aliphatic heterocycles. The van der Waals surface area contributed by atoms with Crippen molar-refractivity contribution in [1.29, 1.82) is 0 Å². The van der Waals surface area contributed by atoms with Crippen molar-refractivity contribution in [2.24, 2.45) is 11.8 Å². The Kier molecular flexibility index (Phi) is 4.44. The van der Waals surface area contributed by atoms with E-state index in [0.29, 0.717) is 19.1 Å². The van der Waals surface area contributed by atoms with Gasteiger partial charge in [-0.05, 0) is 24.0 Å². The number of rotatable bonds is 2. The van der Waals surface area contributed by atoms with Crippen molar-refractivity contribution < 1.29 is 14.6 Å². The lowest BCUT2D eigenvalue weighted by molar-refractivity contribution is -0.154. The maximum Gasteiger partial charge on any atom is 0.169 e. The van der Waals surface area contributed by atoms with Crippen LogP contribution in [0.3, 0.4) is 0 Å². The predicted octanol–water partition coefficient (Wildman–Crippen LogP) is 1.33. The van der Waals surface area contributed by atoms with Gasteiger partial charge >= 0.3 is 0 Å². The van der Waals surface area contributed by atoms with E-state index in [1.807, 2.05) is 0 Å². The third-order valence-corrected chi connectivity index (χ3v) is 3.59. The molecule has 0 aromatic carbocycles. The second kappa shape index (κ2) is 6.07. The molecule has 3 nitrogen and oxygen atoms in total. The van der Waals surface area contributed by atoms with Crippen molar-refractivity contribution >= 4 is 0 Å². The second-order valence-electron chi connectivity index (χ2n) is 4.74. The summed E-state index contributed by atoms with van der Waals surface area (Å²) in [6, 6.07) is 0. The Labute approximate surface area is 108 Å². The number of ether oxygens (including phenoxy) is 2. The fourth-order valence-corrected chi connectivity index (χ4v) is 2.74. The van der Waals surface area contributed by atoms with Gasteiger partial charge in [-0.15, -0.1) is 6.42 Å². The zero-order chi connectivity index (χ0) is 12.8. The first-order valence-corrected chi connectivity index (χ1v) is 6.28. The molecule has 2 rings (SSSR count). The Bertz CT molecular complexity index is 402. The molecule has 18 heavy (non-hydrogen) atoms. The van der Waals surface area contributed by atoms with E-state index >= 15 is 0 Å². The summed E-state index contributed by atoms with van der Waals surface area (Å²) in [7, 11) is 0. The van der Waals surface area contributed by atoms with Gasteiger partial charge in [0.15, 0.2) is 5.79 Å². The highest BCUT2D eigenvalue weighted by molar-refractivity contribution is 5.22. The lowest BCUT2D eigenvalue weighted by Crippen LogP contribution is -2.26. The SMILES string of the molecule is C#C/C=C/C#CC[C@H]1CC2(C[C@@H]1CO)OCCO2. The van der Waals surface area contributed by atoms with E-state index in [4.69, 9.17) is 15.9 Å². The molecule has 2 fully saturated rings. The Morgan fingerprint density at radius 2 is 1.94 bits per heavy atom. The van der Waals surface area contributed by atoms with E-state index in [0.717, 1.165) is 19.3 Å². The number of aliphatic hydroxyl groups excluding tert-OH is 1. The monoisotopic (exact) mass is 246 g/mol. The van der Waals surface area contributed by atoms with Gasteiger partial charge in [-0.3, -0.25) is 0 Å². The van der Waals surface area contributed by atoms with Crippen LogP contribution in [0.2, 0.25) is 0 Å². The molecule has 2 aliphatic rings. The molecular weight excluding hydrogens is 228 g/mol. The highest BCUT2D eigenvalue weighted by atomic mass is 16.7. The van der Waals surface area contributed by atoms with Crippen molar-refractivity contribution in [3.63, 3.8) is 0 Å². The summed E-state index contributed by atoms with van der Waals surface area (Å²) in [5.74, 6) is 8.47. The highest BCUT2D eigenvalue weighted by Gasteiger charge is 2.48. The van der Waals surface area contributed by atoms with Crippen molar-refractivity contribution in [3.8, 4) is 24.2 Å². The van der Waals surface area contributed by atoms with Crippen LogP contribution >= 0.6 is 0 Å². The van der Waals surface area contributed by atoms with Crippen molar-refractivity contribution in [1.82, 2.24) is 0 Å². The minimum Gasteiger partial charge on any atom is -0.396 e. The number of hydrogen-bond donors (Lipinski definition) is 1. The molecule has 1 spiro atoms. The maximum atomic E-state index is 9.42. The van der Waals surface area contributed by atoms with Crippen molar-refractivity contribution in [3.05, 3.63) is 12.2 Å². The molecule has 0 bridgehead atoms. The van der Waals surface area contributed by atoms with Crippen molar-refractivity contribution in [2.75, 3.05) is 19.8 Å². The van der Waals surface area contributed by atoms with Crippen LogP contribution in [0.15, 0.2) is 12.2 Å². The van der Waals surface area contributed by atoms with E-state index in [1.165, 1.54) is 0 Å². The number of terminal acetylenes is 1. The molecule has 3 heteroatoms. The average Bonchev–Trinajstić information content (AvgIpc) is 2.97. The minimum atomic E-state index is -0.450. The van der Waals surface area contributed by atoms with Gasteiger partial charge in [0.2, 0.25) is 0 Å². The summed E-state index contributed by atoms with van der Waals surface area (Å²) in [6.45, 7) is 1.48. The van der Waals surface area contributed by atoms with E-state index < -0.39 is 5.79 Å². The Balaban J connectivity index is 1.92. The first-order valence-electron chi connectivity index (χ1n) is 6.28. The predicted molar refractivity (Wildman–Crippen MR) is 68.3 cm³/mol. The molecule has 0 aromatic heterocycles. The third-order valence-electron chi connectivity index (χ3n) is 3.59. The van der Waals surface area contributed by atoms with Gasteiger partial charge in [0.25, 0.3) is 0 Å². The summed E-state index contributed by atoms with van der Waals surface area (Å²) in [5, 5.41) is 9.42. The summed E-state index contributed by atoms with van der Waals surface area (Å²) in [6.07, 6.45) is 10.7. The second-order valence-corrected chi connectivity index (χ2v) is 4.74. The number of allylic oxidation sites excluding steroid dienone is 2. The van der Waals surface area contributed by atoms with E-state index in [1.54, 1.807) is 12.2 Å². The molecule has 96 valence electrons. The normalized spacial score (nSPS) is 29.3. The van der Waals surface area contributed by atoms with Crippen LogP contribution in [0.1, 0.15) is 19.3 Å².